The van der Waals surface area contributed by atoms with Crippen molar-refractivity contribution >= 4 is 29.7 Å². The fourth-order valence-electron chi connectivity index (χ4n) is 4.07. The first-order valence-corrected chi connectivity index (χ1v) is 14.6. The molecular weight excluding hydrogens is 430 g/mol. The molecule has 0 saturated heterocycles. The van der Waals surface area contributed by atoms with Crippen LogP contribution in [0.3, 0.4) is 0 Å². The monoisotopic (exact) mass is 471 g/mol. The lowest BCUT2D eigenvalue weighted by Gasteiger charge is -2.43. The van der Waals surface area contributed by atoms with Crippen LogP contribution in [-0.2, 0) is 15.4 Å². The highest BCUT2D eigenvalue weighted by Crippen LogP contribution is 2.36. The summed E-state index contributed by atoms with van der Waals surface area (Å²) in [6.07, 6.45) is 4.49. The van der Waals surface area contributed by atoms with Crippen molar-refractivity contribution in [2.75, 3.05) is 6.61 Å². The summed E-state index contributed by atoms with van der Waals surface area (Å²) >= 11 is 0. The van der Waals surface area contributed by atoms with Gasteiger partial charge in [0.15, 0.2) is 0 Å². The molecule has 2 unspecified atom stereocenters. The third kappa shape index (κ3) is 6.74. The Labute approximate surface area is 199 Å². The smallest absolute Gasteiger partial charge is 0.261 e. The summed E-state index contributed by atoms with van der Waals surface area (Å²) < 4.78 is 22.6. The molecule has 2 atom stereocenters. The van der Waals surface area contributed by atoms with Gasteiger partial charge in [-0.1, -0.05) is 87.5 Å². The van der Waals surface area contributed by atoms with E-state index in [9.17, 15) is 4.21 Å². The maximum Gasteiger partial charge on any atom is 0.261 e. The van der Waals surface area contributed by atoms with E-state index in [1.165, 1.54) is 10.4 Å². The van der Waals surface area contributed by atoms with Crippen molar-refractivity contribution in [3.63, 3.8) is 0 Å². The fourth-order valence-corrected chi connectivity index (χ4v) is 9.55. The normalized spacial score (nSPS) is 14.7. The minimum absolute atomic E-state index is 0.0256. The number of rotatable bonds is 11. The Balaban J connectivity index is 2.22. The Kier molecular flexibility index (Phi) is 9.64. The second-order valence-electron chi connectivity index (χ2n) is 10.4. The van der Waals surface area contributed by atoms with Gasteiger partial charge in [0.25, 0.3) is 8.32 Å². The summed E-state index contributed by atoms with van der Waals surface area (Å²) in [5.41, 5.74) is 0. The Morgan fingerprint density at radius 1 is 0.969 bits per heavy atom. The van der Waals surface area contributed by atoms with E-state index in [0.717, 1.165) is 19.3 Å². The first kappa shape index (κ1) is 26.7. The molecule has 0 bridgehead atoms. The van der Waals surface area contributed by atoms with Crippen LogP contribution in [0, 0.1) is 0 Å². The van der Waals surface area contributed by atoms with Crippen molar-refractivity contribution in [1.29, 1.82) is 0 Å². The van der Waals surface area contributed by atoms with Gasteiger partial charge in [-0.25, -0.2) is 8.93 Å². The van der Waals surface area contributed by atoms with E-state index in [1.807, 2.05) is 26.8 Å². The summed E-state index contributed by atoms with van der Waals surface area (Å²) in [4.78, 5) is 0. The van der Waals surface area contributed by atoms with Gasteiger partial charge in [-0.3, -0.25) is 0 Å². The highest BCUT2D eigenvalue weighted by atomic mass is 32.2. The third-order valence-corrected chi connectivity index (χ3v) is 12.4. The van der Waals surface area contributed by atoms with E-state index >= 15 is 0 Å². The van der Waals surface area contributed by atoms with Gasteiger partial charge in [0.05, 0.1) is 15.7 Å². The first-order chi connectivity index (χ1) is 15.0. The van der Waals surface area contributed by atoms with E-state index in [4.69, 9.17) is 4.43 Å². The molecule has 2 aromatic rings. The summed E-state index contributed by atoms with van der Waals surface area (Å²) in [6.45, 7) is 17.4. The van der Waals surface area contributed by atoms with E-state index in [1.54, 1.807) is 0 Å². The molecule has 0 fully saturated rings. The van der Waals surface area contributed by atoms with Gasteiger partial charge in [-0.2, -0.15) is 0 Å². The largest absolute Gasteiger partial charge is 0.407 e. The van der Waals surface area contributed by atoms with Crippen LogP contribution in [0.4, 0.5) is 0 Å². The lowest BCUT2D eigenvalue weighted by molar-refractivity contribution is 0.282. The van der Waals surface area contributed by atoms with Crippen molar-refractivity contribution in [3.05, 3.63) is 73.3 Å². The zero-order chi connectivity index (χ0) is 23.8. The molecule has 0 radical (unpaired) electrons. The molecule has 5 heteroatoms. The lowest BCUT2D eigenvalue weighted by atomic mass is 10.1. The maximum absolute atomic E-state index is 12.6. The molecule has 0 saturated carbocycles. The van der Waals surface area contributed by atoms with Gasteiger partial charge < -0.3 is 4.43 Å². The molecule has 0 heterocycles. The highest BCUT2D eigenvalue weighted by molar-refractivity contribution is 7.84. The van der Waals surface area contributed by atoms with E-state index in [-0.39, 0.29) is 15.8 Å². The molecule has 0 aliphatic rings. The second-order valence-corrected chi connectivity index (χ2v) is 16.7. The molecule has 1 N–H and O–H groups in total. The topological polar surface area (TPSA) is 38.3 Å². The molecule has 0 aromatic heterocycles. The minimum atomic E-state index is -2.50. The van der Waals surface area contributed by atoms with Crippen LogP contribution < -0.4 is 15.1 Å². The number of benzene rings is 2. The molecule has 2 aromatic carbocycles. The van der Waals surface area contributed by atoms with Crippen molar-refractivity contribution in [2.24, 2.45) is 0 Å². The molecule has 3 nitrogen and oxygen atoms in total. The van der Waals surface area contributed by atoms with Crippen molar-refractivity contribution < 1.29 is 8.63 Å². The molecular formula is C27H41NO2SSi. The number of hydrogen-bond donors (Lipinski definition) is 1. The zero-order valence-corrected chi connectivity index (χ0v) is 22.5. The van der Waals surface area contributed by atoms with Crippen LogP contribution in [0.15, 0.2) is 73.3 Å². The predicted molar refractivity (Wildman–Crippen MR) is 142 cm³/mol. The number of hydrogen-bond acceptors (Lipinski definition) is 2. The van der Waals surface area contributed by atoms with E-state index in [0.29, 0.717) is 6.61 Å². The van der Waals surface area contributed by atoms with Crippen LogP contribution in [0.5, 0.6) is 0 Å². The summed E-state index contributed by atoms with van der Waals surface area (Å²) in [5.74, 6) is 0. The Hall–Kier alpha value is -1.53. The molecule has 2 rings (SSSR count). The summed E-state index contributed by atoms with van der Waals surface area (Å²) in [6, 6.07) is 21.6. The van der Waals surface area contributed by atoms with Gasteiger partial charge in [-0.05, 0) is 55.4 Å². The molecule has 32 heavy (non-hydrogen) atoms. The minimum Gasteiger partial charge on any atom is -0.407 e. The van der Waals surface area contributed by atoms with Gasteiger partial charge in [-0.15, -0.1) is 6.58 Å². The molecule has 0 aliphatic carbocycles. The average molecular weight is 472 g/mol. The first-order valence-electron chi connectivity index (χ1n) is 11.6. The highest BCUT2D eigenvalue weighted by Gasteiger charge is 2.49. The van der Waals surface area contributed by atoms with Crippen LogP contribution >= 0.6 is 0 Å². The van der Waals surface area contributed by atoms with Crippen molar-refractivity contribution in [3.8, 4) is 0 Å². The van der Waals surface area contributed by atoms with Gasteiger partial charge in [0.1, 0.15) is 0 Å². The Bertz CT molecular complexity index is 817. The molecule has 0 spiro atoms. The maximum atomic E-state index is 12.6. The van der Waals surface area contributed by atoms with E-state index < -0.39 is 19.3 Å². The Morgan fingerprint density at radius 2 is 1.47 bits per heavy atom. The van der Waals surface area contributed by atoms with Gasteiger partial charge in [0.2, 0.25) is 0 Å². The van der Waals surface area contributed by atoms with Crippen LogP contribution in [0.1, 0.15) is 60.8 Å². The van der Waals surface area contributed by atoms with Gasteiger partial charge in [0, 0.05) is 12.6 Å². The predicted octanol–water partition coefficient (Wildman–Crippen LogP) is 5.34. The summed E-state index contributed by atoms with van der Waals surface area (Å²) in [7, 11) is -3.60. The molecule has 0 aliphatic heterocycles. The average Bonchev–Trinajstić information content (AvgIpc) is 2.73. The molecule has 0 amide bonds. The standard InChI is InChI=1S/C27H41NO2SSi/c1-8-16-23(28-31(29)26(2,3)4)17-15-22-30-32(27(5,6)7,24-18-11-9-12-19-24)25-20-13-10-14-21-25/h8-14,18-21,23,28H,1,15-17,22H2,2-7H3. The second kappa shape index (κ2) is 11.6. The molecule has 176 valence electrons. The fraction of sp³-hybridized carbons (Fsp3) is 0.481. The van der Waals surface area contributed by atoms with Crippen LogP contribution in [-0.4, -0.2) is 29.9 Å². The van der Waals surface area contributed by atoms with Crippen molar-refractivity contribution in [2.45, 2.75) is 76.6 Å². The van der Waals surface area contributed by atoms with Crippen LogP contribution in [0.25, 0.3) is 0 Å². The quantitative estimate of drug-likeness (QED) is 0.273. The summed E-state index contributed by atoms with van der Waals surface area (Å²) in [5, 5.41) is 2.57. The van der Waals surface area contributed by atoms with Crippen molar-refractivity contribution in [1.82, 2.24) is 4.72 Å². The lowest BCUT2D eigenvalue weighted by Crippen LogP contribution is -2.66. The van der Waals surface area contributed by atoms with E-state index in [2.05, 4.69) is 92.7 Å². The Morgan fingerprint density at radius 3 is 1.88 bits per heavy atom. The zero-order valence-electron chi connectivity index (χ0n) is 20.7. The SMILES string of the molecule is C=CCC(CCCO[Si](c1ccccc1)(c1ccccc1)C(C)(C)C)NS(=O)C(C)(C)C. The van der Waals surface area contributed by atoms with Gasteiger partial charge >= 0.3 is 0 Å². The number of nitrogens with one attached hydrogen (secondary N) is 1. The van der Waals surface area contributed by atoms with Crippen LogP contribution in [0.2, 0.25) is 5.04 Å². The third-order valence-electron chi connectivity index (χ3n) is 5.71.